The van der Waals surface area contributed by atoms with Crippen LogP contribution < -0.4 is 0 Å². The van der Waals surface area contributed by atoms with Crippen molar-refractivity contribution in [1.29, 1.82) is 0 Å². The number of rotatable bonds is 3. The van der Waals surface area contributed by atoms with Crippen LogP contribution in [0.25, 0.3) is 9.15 Å². The normalized spacial score (nSPS) is 12.1. The Morgan fingerprint density at radius 3 is 1.76 bits per heavy atom. The van der Waals surface area contributed by atoms with E-state index in [0.717, 1.165) is 6.42 Å². The Balaban J connectivity index is 2.48. The van der Waals surface area contributed by atoms with Crippen LogP contribution in [0.4, 0.5) is 0 Å². The zero-order valence-electron chi connectivity index (χ0n) is 9.86. The molecule has 86 valence electrons. The molecular weight excluding hydrogens is 319 g/mol. The minimum absolute atomic E-state index is 1.05. The first-order valence-corrected chi connectivity index (χ1v) is 6.90. The molecule has 0 amide bonds. The van der Waals surface area contributed by atoms with Gasteiger partial charge in [-0.2, -0.15) is 0 Å². The van der Waals surface area contributed by atoms with Gasteiger partial charge in [0.15, 0.2) is 0 Å². The van der Waals surface area contributed by atoms with E-state index < -0.39 is 0 Å². The lowest BCUT2D eigenvalue weighted by Gasteiger charge is -2.09. The van der Waals surface area contributed by atoms with Crippen molar-refractivity contribution in [3.63, 3.8) is 0 Å². The van der Waals surface area contributed by atoms with Crippen LogP contribution in [0.2, 0.25) is 0 Å². The molecule has 2 aromatic rings. The van der Waals surface area contributed by atoms with Gasteiger partial charge in [0.05, 0.1) is 0 Å². The second kappa shape index (κ2) is 6.01. The molecule has 0 bridgehead atoms. The topological polar surface area (TPSA) is 0 Å². The zero-order valence-corrected chi connectivity index (χ0v) is 12.0. The number of halogens is 1. The van der Waals surface area contributed by atoms with Crippen molar-refractivity contribution in [2.24, 2.45) is 0 Å². The van der Waals surface area contributed by atoms with Gasteiger partial charge in [0.2, 0.25) is 0 Å². The third-order valence-electron chi connectivity index (χ3n) is 2.77. The first-order chi connectivity index (χ1) is 8.33. The second-order valence-electron chi connectivity index (χ2n) is 3.88. The summed E-state index contributed by atoms with van der Waals surface area (Å²) in [4.78, 5) is 0. The second-order valence-corrected chi connectivity index (χ2v) is 4.96. The van der Waals surface area contributed by atoms with Crippen molar-refractivity contribution in [2.75, 3.05) is 0 Å². The molecule has 0 aliphatic heterocycles. The van der Waals surface area contributed by atoms with Crippen LogP contribution in [-0.4, -0.2) is 0 Å². The molecule has 0 unspecified atom stereocenters. The van der Waals surface area contributed by atoms with E-state index in [1.165, 1.54) is 20.3 Å². The molecule has 0 N–H and O–H groups in total. The van der Waals surface area contributed by atoms with E-state index in [1.54, 1.807) is 0 Å². The van der Waals surface area contributed by atoms with Crippen LogP contribution in [-0.2, 0) is 0 Å². The molecule has 0 spiro atoms. The molecule has 17 heavy (non-hydrogen) atoms. The Kier molecular flexibility index (Phi) is 4.37. The first-order valence-electron chi connectivity index (χ1n) is 5.82. The third kappa shape index (κ3) is 2.97. The lowest BCUT2D eigenvalue weighted by atomic mass is 10.0. The summed E-state index contributed by atoms with van der Waals surface area (Å²) in [5, 5.41) is 0. The molecule has 0 heterocycles. The summed E-state index contributed by atoms with van der Waals surface area (Å²) < 4.78 is 1.34. The van der Waals surface area contributed by atoms with Gasteiger partial charge in [-0.15, -0.1) is 0 Å². The van der Waals surface area contributed by atoms with Gasteiger partial charge >= 0.3 is 0 Å². The van der Waals surface area contributed by atoms with Crippen molar-refractivity contribution in [3.05, 3.63) is 71.8 Å². The minimum Gasteiger partial charge on any atom is -0.0622 e. The smallest absolute Gasteiger partial charge is 0.0240 e. The predicted molar refractivity (Wildman–Crippen MR) is 84.0 cm³/mol. The number of hydrogen-bond acceptors (Lipinski definition) is 0. The summed E-state index contributed by atoms with van der Waals surface area (Å²) in [5.74, 6) is 0. The van der Waals surface area contributed by atoms with E-state index >= 15 is 0 Å². The van der Waals surface area contributed by atoms with Gasteiger partial charge in [0, 0.05) is 3.58 Å². The average Bonchev–Trinajstić information content (AvgIpc) is 2.42. The van der Waals surface area contributed by atoms with E-state index in [4.69, 9.17) is 0 Å². The fraction of sp³-hybridized carbons (Fsp3) is 0.125. The number of hydrogen-bond donors (Lipinski definition) is 0. The van der Waals surface area contributed by atoms with Crippen LogP contribution >= 0.6 is 22.6 Å². The van der Waals surface area contributed by atoms with Crippen molar-refractivity contribution >= 4 is 31.7 Å². The molecule has 0 fully saturated rings. The summed E-state index contributed by atoms with van der Waals surface area (Å²) in [7, 11) is 0. The zero-order chi connectivity index (χ0) is 12.1. The molecule has 2 rings (SSSR count). The number of allylic oxidation sites excluding steroid dienone is 1. The molecule has 1 heteroatoms. The molecule has 0 radical (unpaired) electrons. The molecule has 0 aliphatic rings. The Morgan fingerprint density at radius 1 is 0.824 bits per heavy atom. The lowest BCUT2D eigenvalue weighted by molar-refractivity contribution is 1.25. The largest absolute Gasteiger partial charge is 0.0622 e. The maximum Gasteiger partial charge on any atom is 0.0240 e. The molecule has 0 nitrogen and oxygen atoms in total. The van der Waals surface area contributed by atoms with Crippen LogP contribution in [0.15, 0.2) is 60.7 Å². The van der Waals surface area contributed by atoms with E-state index in [1.807, 2.05) is 0 Å². The highest BCUT2D eigenvalue weighted by molar-refractivity contribution is 14.1. The maximum atomic E-state index is 2.45. The van der Waals surface area contributed by atoms with E-state index in [-0.39, 0.29) is 0 Å². The molecule has 0 aromatic heterocycles. The highest BCUT2D eigenvalue weighted by atomic mass is 127. The maximum absolute atomic E-state index is 2.45. The van der Waals surface area contributed by atoms with E-state index in [9.17, 15) is 0 Å². The highest BCUT2D eigenvalue weighted by Crippen LogP contribution is 2.33. The molecule has 2 aromatic carbocycles. The van der Waals surface area contributed by atoms with Gasteiger partial charge < -0.3 is 0 Å². The molecule has 0 aliphatic carbocycles. The van der Waals surface area contributed by atoms with Crippen molar-refractivity contribution in [1.82, 2.24) is 0 Å². The summed E-state index contributed by atoms with van der Waals surface area (Å²) >= 11 is 2.45. The monoisotopic (exact) mass is 334 g/mol. The lowest BCUT2D eigenvalue weighted by Crippen LogP contribution is -1.86. The molecule has 0 saturated carbocycles. The summed E-state index contributed by atoms with van der Waals surface area (Å²) in [6.07, 6.45) is 1.05. The van der Waals surface area contributed by atoms with E-state index in [0.29, 0.717) is 0 Å². The van der Waals surface area contributed by atoms with Gasteiger partial charge in [0.1, 0.15) is 0 Å². The first kappa shape index (κ1) is 12.4. The third-order valence-corrected chi connectivity index (χ3v) is 4.04. The SMILES string of the molecule is CCC(=C(I)c1ccccc1)c1ccccc1. The fourth-order valence-corrected chi connectivity index (χ4v) is 2.94. The highest BCUT2D eigenvalue weighted by Gasteiger charge is 2.06. The summed E-state index contributed by atoms with van der Waals surface area (Å²) in [5.41, 5.74) is 4.04. The van der Waals surface area contributed by atoms with Gasteiger partial charge in [-0.05, 0) is 45.7 Å². The predicted octanol–water partition coefficient (Wildman–Crippen LogP) is 5.40. The standard InChI is InChI=1S/C16H15I/c1-2-15(13-9-5-3-6-10-13)16(17)14-11-7-4-8-12-14/h3-12H,2H2,1H3. The Labute approximate surface area is 117 Å². The van der Waals surface area contributed by atoms with Crippen LogP contribution in [0.5, 0.6) is 0 Å². The van der Waals surface area contributed by atoms with Crippen LogP contribution in [0, 0.1) is 0 Å². The van der Waals surface area contributed by atoms with Crippen molar-refractivity contribution < 1.29 is 0 Å². The quantitative estimate of drug-likeness (QED) is 0.521. The van der Waals surface area contributed by atoms with Crippen LogP contribution in [0.3, 0.4) is 0 Å². The molecule has 0 atom stereocenters. The minimum atomic E-state index is 1.05. The van der Waals surface area contributed by atoms with Gasteiger partial charge in [-0.1, -0.05) is 67.6 Å². The van der Waals surface area contributed by atoms with Crippen molar-refractivity contribution in [2.45, 2.75) is 13.3 Å². The molecule has 0 saturated heterocycles. The Bertz CT molecular complexity index is 498. The van der Waals surface area contributed by atoms with Gasteiger partial charge in [-0.3, -0.25) is 0 Å². The van der Waals surface area contributed by atoms with Gasteiger partial charge in [-0.25, -0.2) is 0 Å². The van der Waals surface area contributed by atoms with Crippen molar-refractivity contribution in [3.8, 4) is 0 Å². The fourth-order valence-electron chi connectivity index (χ4n) is 1.88. The summed E-state index contributed by atoms with van der Waals surface area (Å²) in [6.45, 7) is 2.21. The molecular formula is C16H15I. The Hall–Kier alpha value is -1.09. The summed E-state index contributed by atoms with van der Waals surface area (Å²) in [6, 6.07) is 21.2. The van der Waals surface area contributed by atoms with Crippen LogP contribution in [0.1, 0.15) is 24.5 Å². The Morgan fingerprint density at radius 2 is 1.29 bits per heavy atom. The van der Waals surface area contributed by atoms with E-state index in [2.05, 4.69) is 90.2 Å². The average molecular weight is 334 g/mol. The number of benzene rings is 2. The van der Waals surface area contributed by atoms with Gasteiger partial charge in [0.25, 0.3) is 0 Å².